The minimum atomic E-state index is 0.691. The molecule has 0 spiro atoms. The average molecular weight is 267 g/mol. The van der Waals surface area contributed by atoms with Gasteiger partial charge in [0.2, 0.25) is 0 Å². The highest BCUT2D eigenvalue weighted by Crippen LogP contribution is 2.27. The van der Waals surface area contributed by atoms with Gasteiger partial charge in [-0.15, -0.1) is 0 Å². The van der Waals surface area contributed by atoms with E-state index >= 15 is 0 Å². The molecule has 2 unspecified atom stereocenters. The van der Waals surface area contributed by atoms with E-state index in [1.807, 2.05) is 11.8 Å². The molecule has 1 heterocycles. The van der Waals surface area contributed by atoms with Crippen LogP contribution in [0.15, 0.2) is 6.07 Å². The third-order valence-corrected chi connectivity index (χ3v) is 4.91. The zero-order chi connectivity index (χ0) is 13.0. The SMILES string of the molecule is CCn1nc(C)cc1CNC1CCCC(SC)C1. The van der Waals surface area contributed by atoms with Gasteiger partial charge in [-0.25, -0.2) is 0 Å². The third-order valence-electron chi connectivity index (χ3n) is 3.82. The van der Waals surface area contributed by atoms with E-state index in [9.17, 15) is 0 Å². The average Bonchev–Trinajstić information content (AvgIpc) is 2.77. The molecule has 0 bridgehead atoms. The maximum absolute atomic E-state index is 4.50. The van der Waals surface area contributed by atoms with Crippen molar-refractivity contribution in [3.05, 3.63) is 17.5 Å². The van der Waals surface area contributed by atoms with Crippen LogP contribution in [0.1, 0.15) is 44.0 Å². The molecule has 2 atom stereocenters. The Hall–Kier alpha value is -0.480. The van der Waals surface area contributed by atoms with Crippen LogP contribution in [-0.4, -0.2) is 27.3 Å². The molecule has 1 aromatic rings. The molecule has 0 saturated heterocycles. The van der Waals surface area contributed by atoms with Crippen molar-refractivity contribution in [3.8, 4) is 0 Å². The van der Waals surface area contributed by atoms with Crippen molar-refractivity contribution in [1.29, 1.82) is 0 Å². The van der Waals surface area contributed by atoms with Gasteiger partial charge in [-0.05, 0) is 45.4 Å². The summed E-state index contributed by atoms with van der Waals surface area (Å²) in [7, 11) is 0. The Morgan fingerprint density at radius 1 is 1.50 bits per heavy atom. The molecule has 102 valence electrons. The first-order valence-electron chi connectivity index (χ1n) is 7.02. The van der Waals surface area contributed by atoms with Crippen molar-refractivity contribution in [3.63, 3.8) is 0 Å². The second kappa shape index (κ2) is 6.62. The summed E-state index contributed by atoms with van der Waals surface area (Å²) >= 11 is 2.03. The Morgan fingerprint density at radius 2 is 2.33 bits per heavy atom. The van der Waals surface area contributed by atoms with Crippen LogP contribution in [0.5, 0.6) is 0 Å². The molecule has 0 aliphatic heterocycles. The van der Waals surface area contributed by atoms with Crippen LogP contribution in [0, 0.1) is 6.92 Å². The molecule has 1 fully saturated rings. The van der Waals surface area contributed by atoms with E-state index in [1.165, 1.54) is 31.4 Å². The fourth-order valence-electron chi connectivity index (χ4n) is 2.81. The Labute approximate surface area is 115 Å². The lowest BCUT2D eigenvalue weighted by Crippen LogP contribution is -2.35. The van der Waals surface area contributed by atoms with Gasteiger partial charge in [0.1, 0.15) is 0 Å². The normalized spacial score (nSPS) is 24.4. The molecule has 0 radical (unpaired) electrons. The monoisotopic (exact) mass is 267 g/mol. The summed E-state index contributed by atoms with van der Waals surface area (Å²) in [6, 6.07) is 2.89. The summed E-state index contributed by atoms with van der Waals surface area (Å²) in [4.78, 5) is 0. The molecular formula is C14H25N3S. The predicted octanol–water partition coefficient (Wildman–Crippen LogP) is 2.98. The van der Waals surface area contributed by atoms with Crippen LogP contribution in [0.2, 0.25) is 0 Å². The van der Waals surface area contributed by atoms with Gasteiger partial charge < -0.3 is 5.32 Å². The second-order valence-corrected chi connectivity index (χ2v) is 6.33. The number of hydrogen-bond acceptors (Lipinski definition) is 3. The quantitative estimate of drug-likeness (QED) is 0.889. The van der Waals surface area contributed by atoms with Gasteiger partial charge in [0.25, 0.3) is 0 Å². The van der Waals surface area contributed by atoms with Gasteiger partial charge in [-0.2, -0.15) is 16.9 Å². The smallest absolute Gasteiger partial charge is 0.0597 e. The molecule has 1 aliphatic carbocycles. The van der Waals surface area contributed by atoms with Crippen molar-refractivity contribution in [2.75, 3.05) is 6.26 Å². The van der Waals surface area contributed by atoms with Crippen LogP contribution in [0.25, 0.3) is 0 Å². The molecule has 1 aromatic heterocycles. The van der Waals surface area contributed by atoms with E-state index in [0.29, 0.717) is 6.04 Å². The van der Waals surface area contributed by atoms with Gasteiger partial charge in [0.15, 0.2) is 0 Å². The largest absolute Gasteiger partial charge is 0.308 e. The van der Waals surface area contributed by atoms with Crippen LogP contribution in [0.3, 0.4) is 0 Å². The number of aryl methyl sites for hydroxylation is 2. The zero-order valence-electron chi connectivity index (χ0n) is 11.8. The van der Waals surface area contributed by atoms with Crippen molar-refractivity contribution < 1.29 is 0 Å². The Morgan fingerprint density at radius 3 is 3.06 bits per heavy atom. The zero-order valence-corrected chi connectivity index (χ0v) is 12.6. The van der Waals surface area contributed by atoms with Crippen molar-refractivity contribution in [2.24, 2.45) is 0 Å². The lowest BCUT2D eigenvalue weighted by atomic mass is 9.95. The number of hydrogen-bond donors (Lipinski definition) is 1. The number of nitrogens with zero attached hydrogens (tertiary/aromatic N) is 2. The van der Waals surface area contributed by atoms with Gasteiger partial charge in [0, 0.05) is 24.4 Å². The first kappa shape index (κ1) is 13.9. The molecule has 1 aliphatic rings. The third kappa shape index (κ3) is 3.51. The van der Waals surface area contributed by atoms with E-state index in [2.05, 4.69) is 41.3 Å². The predicted molar refractivity (Wildman–Crippen MR) is 79.0 cm³/mol. The molecule has 4 heteroatoms. The number of rotatable bonds is 5. The first-order valence-corrected chi connectivity index (χ1v) is 8.31. The molecule has 18 heavy (non-hydrogen) atoms. The summed E-state index contributed by atoms with van der Waals surface area (Å²) < 4.78 is 2.11. The lowest BCUT2D eigenvalue weighted by Gasteiger charge is -2.28. The van der Waals surface area contributed by atoms with Crippen molar-refractivity contribution in [1.82, 2.24) is 15.1 Å². The van der Waals surface area contributed by atoms with Crippen molar-refractivity contribution >= 4 is 11.8 Å². The van der Waals surface area contributed by atoms with Crippen molar-refractivity contribution in [2.45, 2.75) is 63.9 Å². The minimum absolute atomic E-state index is 0.691. The maximum atomic E-state index is 4.50. The van der Waals surface area contributed by atoms with Gasteiger partial charge in [0.05, 0.1) is 11.4 Å². The maximum Gasteiger partial charge on any atom is 0.0597 e. The highest BCUT2D eigenvalue weighted by molar-refractivity contribution is 7.99. The molecule has 0 amide bonds. The fourth-order valence-corrected chi connectivity index (χ4v) is 3.64. The second-order valence-electron chi connectivity index (χ2n) is 5.19. The van der Waals surface area contributed by atoms with Crippen LogP contribution < -0.4 is 5.32 Å². The van der Waals surface area contributed by atoms with Gasteiger partial charge >= 0.3 is 0 Å². The van der Waals surface area contributed by atoms with Crippen LogP contribution in [0.4, 0.5) is 0 Å². The van der Waals surface area contributed by atoms with E-state index < -0.39 is 0 Å². The van der Waals surface area contributed by atoms with Gasteiger partial charge in [-0.3, -0.25) is 4.68 Å². The summed E-state index contributed by atoms with van der Waals surface area (Å²) in [6.45, 7) is 6.14. The summed E-state index contributed by atoms with van der Waals surface area (Å²) in [5, 5.41) is 9.07. The topological polar surface area (TPSA) is 29.9 Å². The lowest BCUT2D eigenvalue weighted by molar-refractivity contribution is 0.374. The summed E-state index contributed by atoms with van der Waals surface area (Å²) in [6.07, 6.45) is 7.65. The summed E-state index contributed by atoms with van der Waals surface area (Å²) in [5.41, 5.74) is 2.44. The molecule has 3 nitrogen and oxygen atoms in total. The highest BCUT2D eigenvalue weighted by atomic mass is 32.2. The number of aromatic nitrogens is 2. The standard InChI is InChI=1S/C14H25N3S/c1-4-17-13(8-11(2)16-17)10-15-12-6-5-7-14(9-12)18-3/h8,12,14-15H,4-7,9-10H2,1-3H3. The van der Waals surface area contributed by atoms with Crippen LogP contribution in [-0.2, 0) is 13.1 Å². The van der Waals surface area contributed by atoms with E-state index in [1.54, 1.807) is 0 Å². The van der Waals surface area contributed by atoms with E-state index in [0.717, 1.165) is 24.0 Å². The van der Waals surface area contributed by atoms with Crippen LogP contribution >= 0.6 is 11.8 Å². The van der Waals surface area contributed by atoms with E-state index in [-0.39, 0.29) is 0 Å². The highest BCUT2D eigenvalue weighted by Gasteiger charge is 2.21. The molecule has 1 N–H and O–H groups in total. The first-order chi connectivity index (χ1) is 8.72. The summed E-state index contributed by atoms with van der Waals surface area (Å²) in [5.74, 6) is 0. The number of thioether (sulfide) groups is 1. The molecule has 1 saturated carbocycles. The Bertz CT molecular complexity index is 375. The molecule has 0 aromatic carbocycles. The van der Waals surface area contributed by atoms with Gasteiger partial charge in [-0.1, -0.05) is 6.42 Å². The Kier molecular flexibility index (Phi) is 5.13. The minimum Gasteiger partial charge on any atom is -0.308 e. The van der Waals surface area contributed by atoms with E-state index in [4.69, 9.17) is 0 Å². The Balaban J connectivity index is 1.86. The molecule has 2 rings (SSSR count). The molecular weight excluding hydrogens is 242 g/mol. The fraction of sp³-hybridized carbons (Fsp3) is 0.786. The number of nitrogens with one attached hydrogen (secondary N) is 1.